The van der Waals surface area contributed by atoms with Gasteiger partial charge in [0, 0.05) is 20.6 Å². The lowest BCUT2D eigenvalue weighted by Gasteiger charge is -2.15. The summed E-state index contributed by atoms with van der Waals surface area (Å²) in [5.41, 5.74) is 1.70. The van der Waals surface area contributed by atoms with Crippen molar-refractivity contribution in [3.05, 3.63) is 29.3 Å². The van der Waals surface area contributed by atoms with Crippen LogP contribution in [0, 0.1) is 6.92 Å². The van der Waals surface area contributed by atoms with Crippen LogP contribution in [0.4, 0.5) is 0 Å². The van der Waals surface area contributed by atoms with Crippen LogP contribution in [0.2, 0.25) is 0 Å². The average Bonchev–Trinajstić information content (AvgIpc) is 2.26. The molecule has 0 aliphatic heterocycles. The van der Waals surface area contributed by atoms with Gasteiger partial charge in [0.1, 0.15) is 0 Å². The van der Waals surface area contributed by atoms with E-state index < -0.39 is 10.0 Å². The zero-order valence-corrected chi connectivity index (χ0v) is 12.1. The van der Waals surface area contributed by atoms with Crippen LogP contribution in [0.3, 0.4) is 0 Å². The predicted molar refractivity (Wildman–Crippen MR) is 72.6 cm³/mol. The Hall–Kier alpha value is -0.950. The maximum atomic E-state index is 12.1. The molecule has 0 saturated heterocycles. The normalized spacial score (nSPS) is 12.1. The van der Waals surface area contributed by atoms with Gasteiger partial charge in [-0.25, -0.2) is 13.4 Å². The Kier molecular flexibility index (Phi) is 5.28. The largest absolute Gasteiger partial charge is 0.313 e. The minimum absolute atomic E-state index is 0.326. The molecule has 2 N–H and O–H groups in total. The molecule has 1 aromatic rings. The Morgan fingerprint density at radius 2 is 1.94 bits per heavy atom. The van der Waals surface area contributed by atoms with Crippen LogP contribution in [0.25, 0.3) is 0 Å². The molecule has 0 fully saturated rings. The average molecular weight is 271 g/mol. The second-order valence-corrected chi connectivity index (χ2v) is 6.00. The quantitative estimate of drug-likeness (QED) is 0.753. The van der Waals surface area contributed by atoms with E-state index in [9.17, 15) is 8.42 Å². The molecule has 0 amide bonds. The standard InChI is InChI=1S/C12H21N3O2S/c1-5-13-9-11-7-6-10(2)12(8-11)18(16,17)14-15(3)4/h6-8,13-14H,5,9H2,1-4H3. The van der Waals surface area contributed by atoms with Crippen molar-refractivity contribution < 1.29 is 8.42 Å². The molecule has 0 unspecified atom stereocenters. The number of hydrazine groups is 1. The van der Waals surface area contributed by atoms with Gasteiger partial charge in [0.05, 0.1) is 4.90 Å². The number of sulfonamides is 1. The fraction of sp³-hybridized carbons (Fsp3) is 0.500. The van der Waals surface area contributed by atoms with E-state index in [1.165, 1.54) is 5.01 Å². The van der Waals surface area contributed by atoms with Crippen molar-refractivity contribution in [1.29, 1.82) is 0 Å². The molecule has 0 spiro atoms. The molecule has 0 radical (unpaired) electrons. The highest BCUT2D eigenvalue weighted by Crippen LogP contribution is 2.17. The number of rotatable bonds is 6. The summed E-state index contributed by atoms with van der Waals surface area (Å²) < 4.78 is 24.2. The number of hydrogen-bond acceptors (Lipinski definition) is 4. The van der Waals surface area contributed by atoms with Gasteiger partial charge in [0.25, 0.3) is 10.0 Å². The maximum absolute atomic E-state index is 12.1. The van der Waals surface area contributed by atoms with Crippen LogP contribution in [-0.4, -0.2) is 34.1 Å². The van der Waals surface area contributed by atoms with Crippen molar-refractivity contribution in [3.8, 4) is 0 Å². The van der Waals surface area contributed by atoms with Gasteiger partial charge in [0.15, 0.2) is 0 Å². The SMILES string of the molecule is CCNCc1ccc(C)c(S(=O)(=O)NN(C)C)c1. The van der Waals surface area contributed by atoms with E-state index >= 15 is 0 Å². The molecule has 0 bridgehead atoms. The van der Waals surface area contributed by atoms with Crippen molar-refractivity contribution in [1.82, 2.24) is 15.2 Å². The second kappa shape index (κ2) is 6.29. The first-order chi connectivity index (χ1) is 8.36. The van der Waals surface area contributed by atoms with E-state index in [4.69, 9.17) is 0 Å². The fourth-order valence-electron chi connectivity index (χ4n) is 1.60. The summed E-state index contributed by atoms with van der Waals surface area (Å²) in [6.45, 7) is 5.33. The predicted octanol–water partition coefficient (Wildman–Crippen LogP) is 0.859. The molecule has 6 heteroatoms. The summed E-state index contributed by atoms with van der Waals surface area (Å²) >= 11 is 0. The first-order valence-corrected chi connectivity index (χ1v) is 7.35. The summed E-state index contributed by atoms with van der Waals surface area (Å²) in [4.78, 5) is 2.77. The van der Waals surface area contributed by atoms with Gasteiger partial charge in [-0.1, -0.05) is 19.1 Å². The summed E-state index contributed by atoms with van der Waals surface area (Å²) in [5, 5.41) is 4.60. The zero-order valence-electron chi connectivity index (χ0n) is 11.3. The highest BCUT2D eigenvalue weighted by molar-refractivity contribution is 7.89. The number of nitrogens with zero attached hydrogens (tertiary/aromatic N) is 1. The molecular formula is C12H21N3O2S. The summed E-state index contributed by atoms with van der Waals surface area (Å²) in [7, 11) is -0.193. The third kappa shape index (κ3) is 4.06. The third-order valence-corrected chi connectivity index (χ3v) is 4.05. The molecular weight excluding hydrogens is 250 g/mol. The third-order valence-electron chi connectivity index (χ3n) is 2.42. The second-order valence-electron chi connectivity index (χ2n) is 4.37. The number of hydrogen-bond donors (Lipinski definition) is 2. The van der Waals surface area contributed by atoms with Crippen molar-refractivity contribution in [2.24, 2.45) is 0 Å². The van der Waals surface area contributed by atoms with Crippen molar-refractivity contribution in [3.63, 3.8) is 0 Å². The van der Waals surface area contributed by atoms with Gasteiger partial charge in [-0.15, -0.1) is 4.83 Å². The molecule has 0 saturated carbocycles. The topological polar surface area (TPSA) is 61.4 Å². The van der Waals surface area contributed by atoms with E-state index in [2.05, 4.69) is 10.1 Å². The number of nitrogens with one attached hydrogen (secondary N) is 2. The van der Waals surface area contributed by atoms with E-state index in [-0.39, 0.29) is 0 Å². The minimum Gasteiger partial charge on any atom is -0.313 e. The van der Waals surface area contributed by atoms with Crippen LogP contribution >= 0.6 is 0 Å². The first kappa shape index (κ1) is 15.1. The van der Waals surface area contributed by atoms with E-state index in [1.54, 1.807) is 27.1 Å². The molecule has 0 aromatic heterocycles. The van der Waals surface area contributed by atoms with Gasteiger partial charge < -0.3 is 5.32 Å². The Morgan fingerprint density at radius 3 is 2.50 bits per heavy atom. The highest BCUT2D eigenvalue weighted by atomic mass is 32.2. The molecule has 102 valence electrons. The van der Waals surface area contributed by atoms with Crippen molar-refractivity contribution in [2.75, 3.05) is 20.6 Å². The molecule has 0 aliphatic rings. The van der Waals surface area contributed by atoms with Crippen molar-refractivity contribution >= 4 is 10.0 Å². The van der Waals surface area contributed by atoms with Crippen LogP contribution in [-0.2, 0) is 16.6 Å². The van der Waals surface area contributed by atoms with E-state index in [0.29, 0.717) is 11.4 Å². The minimum atomic E-state index is -3.49. The first-order valence-electron chi connectivity index (χ1n) is 5.87. The number of aryl methyl sites for hydroxylation is 1. The Morgan fingerprint density at radius 1 is 1.28 bits per heavy atom. The molecule has 5 nitrogen and oxygen atoms in total. The Balaban J connectivity index is 3.07. The fourth-order valence-corrected chi connectivity index (χ4v) is 2.98. The van der Waals surface area contributed by atoms with Gasteiger partial charge in [-0.2, -0.15) is 0 Å². The molecule has 1 aromatic carbocycles. The molecule has 0 atom stereocenters. The van der Waals surface area contributed by atoms with Gasteiger partial charge in [-0.3, -0.25) is 0 Å². The lowest BCUT2D eigenvalue weighted by Crippen LogP contribution is -2.36. The summed E-state index contributed by atoms with van der Waals surface area (Å²) in [6.07, 6.45) is 0. The summed E-state index contributed by atoms with van der Waals surface area (Å²) in [5.74, 6) is 0. The van der Waals surface area contributed by atoms with E-state index in [0.717, 1.165) is 17.7 Å². The van der Waals surface area contributed by atoms with Crippen LogP contribution in [0.5, 0.6) is 0 Å². The van der Waals surface area contributed by atoms with E-state index in [1.807, 2.05) is 19.1 Å². The molecule has 0 aliphatic carbocycles. The van der Waals surface area contributed by atoms with Crippen LogP contribution in [0.15, 0.2) is 23.1 Å². The van der Waals surface area contributed by atoms with Crippen LogP contribution in [0.1, 0.15) is 18.1 Å². The molecule has 18 heavy (non-hydrogen) atoms. The Labute approximate surface area is 109 Å². The Bertz CT molecular complexity index is 498. The molecule has 0 heterocycles. The van der Waals surface area contributed by atoms with Gasteiger partial charge >= 0.3 is 0 Å². The lowest BCUT2D eigenvalue weighted by molar-refractivity contribution is 0.364. The van der Waals surface area contributed by atoms with Gasteiger partial charge in [0.2, 0.25) is 0 Å². The monoisotopic (exact) mass is 271 g/mol. The highest BCUT2D eigenvalue weighted by Gasteiger charge is 2.17. The van der Waals surface area contributed by atoms with Crippen LogP contribution < -0.4 is 10.1 Å². The summed E-state index contributed by atoms with van der Waals surface area (Å²) in [6, 6.07) is 5.48. The van der Waals surface area contributed by atoms with Crippen molar-refractivity contribution in [2.45, 2.75) is 25.3 Å². The molecule has 1 rings (SSSR count). The lowest BCUT2D eigenvalue weighted by atomic mass is 10.1. The zero-order chi connectivity index (χ0) is 13.8. The maximum Gasteiger partial charge on any atom is 0.253 e. The van der Waals surface area contributed by atoms with Gasteiger partial charge in [-0.05, 0) is 30.7 Å². The number of benzene rings is 1. The smallest absolute Gasteiger partial charge is 0.253 e.